The van der Waals surface area contributed by atoms with Crippen LogP contribution in [0.2, 0.25) is 0 Å². The Balaban J connectivity index is 1.95. The molecule has 1 unspecified atom stereocenters. The smallest absolute Gasteiger partial charge is 0.0294 e. The molecule has 0 radical (unpaired) electrons. The highest BCUT2D eigenvalue weighted by Gasteiger charge is 2.05. The molecule has 2 heteroatoms. The highest BCUT2D eigenvalue weighted by molar-refractivity contribution is 7.08. The fourth-order valence-corrected chi connectivity index (χ4v) is 2.66. The molecule has 17 heavy (non-hydrogen) atoms. The normalized spacial score (nSPS) is 12.6. The zero-order chi connectivity index (χ0) is 12.3. The van der Waals surface area contributed by atoms with Crippen LogP contribution in [-0.4, -0.2) is 0 Å². The van der Waals surface area contributed by atoms with E-state index in [0.717, 1.165) is 6.54 Å². The van der Waals surface area contributed by atoms with Gasteiger partial charge in [0.15, 0.2) is 0 Å². The van der Waals surface area contributed by atoms with Gasteiger partial charge >= 0.3 is 0 Å². The number of nitrogens with one attached hydrogen (secondary N) is 1. The van der Waals surface area contributed by atoms with Crippen molar-refractivity contribution in [3.8, 4) is 0 Å². The van der Waals surface area contributed by atoms with Crippen LogP contribution in [0.5, 0.6) is 0 Å². The van der Waals surface area contributed by atoms with Crippen molar-refractivity contribution in [3.63, 3.8) is 0 Å². The minimum Gasteiger partial charge on any atom is -0.306 e. The summed E-state index contributed by atoms with van der Waals surface area (Å²) in [6, 6.07) is 9.14. The third-order valence-corrected chi connectivity index (χ3v) is 4.05. The van der Waals surface area contributed by atoms with Crippen LogP contribution in [0.25, 0.3) is 0 Å². The van der Waals surface area contributed by atoms with Gasteiger partial charge in [-0.25, -0.2) is 0 Å². The number of hydrogen-bond donors (Lipinski definition) is 1. The minimum absolute atomic E-state index is 0.398. The first-order valence-electron chi connectivity index (χ1n) is 5.98. The summed E-state index contributed by atoms with van der Waals surface area (Å²) in [7, 11) is 0. The fourth-order valence-electron chi connectivity index (χ4n) is 1.80. The molecule has 0 bridgehead atoms. The van der Waals surface area contributed by atoms with E-state index in [4.69, 9.17) is 0 Å². The zero-order valence-electron chi connectivity index (χ0n) is 10.7. The van der Waals surface area contributed by atoms with Crippen molar-refractivity contribution in [2.24, 2.45) is 0 Å². The molecule has 2 rings (SSSR count). The first-order valence-corrected chi connectivity index (χ1v) is 6.92. The minimum atomic E-state index is 0.398. The Morgan fingerprint density at radius 2 is 1.82 bits per heavy atom. The highest BCUT2D eigenvalue weighted by atomic mass is 32.1. The fraction of sp³-hybridized carbons (Fsp3) is 0.333. The summed E-state index contributed by atoms with van der Waals surface area (Å²) in [5.41, 5.74) is 5.46. The standard InChI is InChI=1S/C15H19NS/c1-11-4-6-14(7-5-11)13(3)16-8-15-10-17-9-12(15)2/h4-7,9-10,13,16H,8H2,1-3H3. The van der Waals surface area contributed by atoms with E-state index < -0.39 is 0 Å². The van der Waals surface area contributed by atoms with Crippen LogP contribution in [0.4, 0.5) is 0 Å². The van der Waals surface area contributed by atoms with Crippen molar-refractivity contribution in [1.82, 2.24) is 5.32 Å². The molecule has 1 aromatic carbocycles. The van der Waals surface area contributed by atoms with Gasteiger partial charge in [0.25, 0.3) is 0 Å². The van der Waals surface area contributed by atoms with E-state index in [9.17, 15) is 0 Å². The van der Waals surface area contributed by atoms with Crippen LogP contribution in [-0.2, 0) is 6.54 Å². The van der Waals surface area contributed by atoms with Crippen molar-refractivity contribution < 1.29 is 0 Å². The first-order chi connectivity index (χ1) is 8.16. The third kappa shape index (κ3) is 3.18. The topological polar surface area (TPSA) is 12.0 Å². The van der Waals surface area contributed by atoms with Gasteiger partial charge in [0.2, 0.25) is 0 Å². The molecule has 0 saturated heterocycles. The van der Waals surface area contributed by atoms with Crippen LogP contribution in [0.1, 0.15) is 35.2 Å². The summed E-state index contributed by atoms with van der Waals surface area (Å²) in [5.74, 6) is 0. The molecular weight excluding hydrogens is 226 g/mol. The number of hydrogen-bond acceptors (Lipinski definition) is 2. The Morgan fingerprint density at radius 1 is 1.12 bits per heavy atom. The van der Waals surface area contributed by atoms with Crippen molar-refractivity contribution in [1.29, 1.82) is 0 Å². The average molecular weight is 245 g/mol. The monoisotopic (exact) mass is 245 g/mol. The summed E-state index contributed by atoms with van der Waals surface area (Å²) in [5, 5.41) is 8.00. The predicted octanol–water partition coefficient (Wildman–Crippen LogP) is 4.22. The van der Waals surface area contributed by atoms with Crippen LogP contribution in [0.3, 0.4) is 0 Å². The number of aryl methyl sites for hydroxylation is 2. The van der Waals surface area contributed by atoms with Gasteiger partial charge in [0.1, 0.15) is 0 Å². The van der Waals surface area contributed by atoms with E-state index in [1.54, 1.807) is 11.3 Å². The molecule has 1 N–H and O–H groups in total. The maximum atomic E-state index is 3.57. The van der Waals surface area contributed by atoms with Crippen molar-refractivity contribution in [3.05, 3.63) is 57.3 Å². The Labute approximate surface area is 108 Å². The van der Waals surface area contributed by atoms with Crippen LogP contribution in [0, 0.1) is 13.8 Å². The SMILES string of the molecule is Cc1ccc(C(C)NCc2cscc2C)cc1. The molecule has 0 amide bonds. The third-order valence-electron chi connectivity index (χ3n) is 3.14. The summed E-state index contributed by atoms with van der Waals surface area (Å²) < 4.78 is 0. The molecule has 1 heterocycles. The Bertz CT molecular complexity index is 470. The lowest BCUT2D eigenvalue weighted by Crippen LogP contribution is -2.18. The Hall–Kier alpha value is -1.12. The van der Waals surface area contributed by atoms with Crippen molar-refractivity contribution in [2.45, 2.75) is 33.4 Å². The lowest BCUT2D eigenvalue weighted by Gasteiger charge is -2.14. The van der Waals surface area contributed by atoms with Crippen LogP contribution in [0.15, 0.2) is 35.0 Å². The van der Waals surface area contributed by atoms with E-state index in [1.807, 2.05) is 0 Å². The van der Waals surface area contributed by atoms with E-state index in [0.29, 0.717) is 6.04 Å². The molecule has 1 nitrogen and oxygen atoms in total. The summed E-state index contributed by atoms with van der Waals surface area (Å²) in [6.45, 7) is 7.46. The second-order valence-corrected chi connectivity index (χ2v) is 5.34. The summed E-state index contributed by atoms with van der Waals surface area (Å²) >= 11 is 1.78. The number of benzene rings is 1. The molecule has 0 aliphatic heterocycles. The van der Waals surface area contributed by atoms with Crippen LogP contribution >= 0.6 is 11.3 Å². The molecule has 0 saturated carbocycles. The zero-order valence-corrected chi connectivity index (χ0v) is 11.5. The molecule has 90 valence electrons. The van der Waals surface area contributed by atoms with Gasteiger partial charge in [-0.15, -0.1) is 0 Å². The molecule has 1 aromatic heterocycles. The molecule has 1 atom stereocenters. The quantitative estimate of drug-likeness (QED) is 0.850. The van der Waals surface area contributed by atoms with Gasteiger partial charge in [0, 0.05) is 12.6 Å². The van der Waals surface area contributed by atoms with Crippen molar-refractivity contribution >= 4 is 11.3 Å². The molecule has 0 spiro atoms. The number of rotatable bonds is 4. The average Bonchev–Trinajstić information content (AvgIpc) is 2.73. The molecule has 0 aliphatic carbocycles. The number of thiophene rings is 1. The lowest BCUT2D eigenvalue weighted by molar-refractivity contribution is 0.574. The largest absolute Gasteiger partial charge is 0.306 e. The van der Waals surface area contributed by atoms with Gasteiger partial charge in [-0.3, -0.25) is 0 Å². The second-order valence-electron chi connectivity index (χ2n) is 4.59. The highest BCUT2D eigenvalue weighted by Crippen LogP contribution is 2.17. The molecule has 0 fully saturated rings. The summed E-state index contributed by atoms with van der Waals surface area (Å²) in [6.07, 6.45) is 0. The maximum Gasteiger partial charge on any atom is 0.0294 e. The molecule has 0 aliphatic rings. The van der Waals surface area contributed by atoms with E-state index in [2.05, 4.69) is 61.1 Å². The second kappa shape index (κ2) is 5.48. The Kier molecular flexibility index (Phi) is 3.97. The maximum absolute atomic E-state index is 3.57. The predicted molar refractivity (Wildman–Crippen MR) is 75.5 cm³/mol. The molecular formula is C15H19NS. The van der Waals surface area contributed by atoms with Crippen molar-refractivity contribution in [2.75, 3.05) is 0 Å². The van der Waals surface area contributed by atoms with Gasteiger partial charge < -0.3 is 5.32 Å². The van der Waals surface area contributed by atoms with E-state index in [-0.39, 0.29) is 0 Å². The van der Waals surface area contributed by atoms with Gasteiger partial charge in [-0.05, 0) is 48.2 Å². The van der Waals surface area contributed by atoms with Gasteiger partial charge in [-0.1, -0.05) is 29.8 Å². The van der Waals surface area contributed by atoms with Gasteiger partial charge in [0.05, 0.1) is 0 Å². The van der Waals surface area contributed by atoms with Gasteiger partial charge in [-0.2, -0.15) is 11.3 Å². The lowest BCUT2D eigenvalue weighted by atomic mass is 10.1. The van der Waals surface area contributed by atoms with E-state index in [1.165, 1.54) is 22.3 Å². The van der Waals surface area contributed by atoms with Crippen LogP contribution < -0.4 is 5.32 Å². The molecule has 2 aromatic rings. The summed E-state index contributed by atoms with van der Waals surface area (Å²) in [4.78, 5) is 0. The van der Waals surface area contributed by atoms with E-state index >= 15 is 0 Å². The first kappa shape index (κ1) is 12.3. The Morgan fingerprint density at radius 3 is 2.41 bits per heavy atom.